The van der Waals surface area contributed by atoms with Crippen molar-refractivity contribution >= 4 is 17.5 Å². The molecule has 1 aromatic rings. The summed E-state index contributed by atoms with van der Waals surface area (Å²) >= 11 is 5.59. The summed E-state index contributed by atoms with van der Waals surface area (Å²) < 4.78 is 28.5. The molecule has 0 fully saturated rings. The number of rotatable bonds is 5. The average Bonchev–Trinajstić information content (AvgIpc) is 2.26. The Hall–Kier alpha value is -1.43. The molecule has 0 aliphatic carbocycles. The lowest BCUT2D eigenvalue weighted by atomic mass is 10.5. The van der Waals surface area contributed by atoms with Crippen LogP contribution in [-0.2, 0) is 4.79 Å². The zero-order valence-electron chi connectivity index (χ0n) is 8.12. The number of ether oxygens (including phenoxy) is 1. The Morgan fingerprint density at radius 1 is 1.56 bits per heavy atom. The molecule has 0 unspecified atom stereocenters. The van der Waals surface area contributed by atoms with Crippen LogP contribution in [0.3, 0.4) is 0 Å². The Kier molecular flexibility index (Phi) is 4.91. The van der Waals surface area contributed by atoms with Crippen molar-refractivity contribution in [3.8, 4) is 5.88 Å². The highest BCUT2D eigenvalue weighted by molar-refractivity contribution is 6.30. The van der Waals surface area contributed by atoms with E-state index in [9.17, 15) is 13.6 Å². The van der Waals surface area contributed by atoms with Gasteiger partial charge in [0.1, 0.15) is 6.61 Å². The highest BCUT2D eigenvalue weighted by atomic mass is 35.5. The molecule has 0 aliphatic rings. The van der Waals surface area contributed by atoms with Gasteiger partial charge in [-0.2, -0.15) is 8.78 Å². The van der Waals surface area contributed by atoms with E-state index in [1.165, 1.54) is 12.3 Å². The van der Waals surface area contributed by atoms with E-state index >= 15 is 0 Å². The van der Waals surface area contributed by atoms with Crippen LogP contribution in [0.5, 0.6) is 5.88 Å². The van der Waals surface area contributed by atoms with E-state index in [4.69, 9.17) is 16.3 Å². The summed E-state index contributed by atoms with van der Waals surface area (Å²) in [5, 5.41) is 2.47. The van der Waals surface area contributed by atoms with Crippen LogP contribution >= 0.6 is 11.6 Å². The number of nitrogens with zero attached hydrogens (tertiary/aromatic N) is 1. The van der Waals surface area contributed by atoms with Crippen molar-refractivity contribution in [3.63, 3.8) is 0 Å². The summed E-state index contributed by atoms with van der Waals surface area (Å²) in [5.41, 5.74) is 0. The lowest BCUT2D eigenvalue weighted by Gasteiger charge is -2.06. The number of amides is 1. The Bertz CT molecular complexity index is 346. The third-order valence-electron chi connectivity index (χ3n) is 1.55. The molecular formula is C9H9ClF2N2O2. The first-order chi connectivity index (χ1) is 7.59. The Morgan fingerprint density at radius 3 is 2.88 bits per heavy atom. The molecule has 16 heavy (non-hydrogen) atoms. The zero-order chi connectivity index (χ0) is 12.0. The van der Waals surface area contributed by atoms with E-state index in [0.717, 1.165) is 0 Å². The second-order valence-electron chi connectivity index (χ2n) is 2.75. The molecule has 0 atom stereocenters. The minimum absolute atomic E-state index is 0.00647. The molecule has 1 N–H and O–H groups in total. The standard InChI is InChI=1S/C9H9ClF2N2O2/c10-6-1-2-7(14-5-6)16-4-3-13-9(15)8(11)12/h1-2,5,8H,3-4H2,(H,13,15). The Morgan fingerprint density at radius 2 is 2.31 bits per heavy atom. The van der Waals surface area contributed by atoms with E-state index < -0.39 is 12.3 Å². The number of alkyl halides is 2. The SMILES string of the molecule is O=C(NCCOc1ccc(Cl)cn1)C(F)F. The first-order valence-electron chi connectivity index (χ1n) is 4.40. The summed E-state index contributed by atoms with van der Waals surface area (Å²) in [4.78, 5) is 14.3. The molecule has 0 saturated carbocycles. The van der Waals surface area contributed by atoms with Crippen molar-refractivity contribution in [2.75, 3.05) is 13.2 Å². The number of hydrogen-bond donors (Lipinski definition) is 1. The molecular weight excluding hydrogens is 242 g/mol. The van der Waals surface area contributed by atoms with E-state index in [1.807, 2.05) is 5.32 Å². The molecule has 88 valence electrons. The van der Waals surface area contributed by atoms with Crippen LogP contribution in [0.15, 0.2) is 18.3 Å². The van der Waals surface area contributed by atoms with Gasteiger partial charge >= 0.3 is 6.43 Å². The van der Waals surface area contributed by atoms with Gasteiger partial charge in [-0.25, -0.2) is 4.98 Å². The first-order valence-corrected chi connectivity index (χ1v) is 4.77. The number of pyridine rings is 1. The number of nitrogens with one attached hydrogen (secondary N) is 1. The largest absolute Gasteiger partial charge is 0.476 e. The summed E-state index contributed by atoms with van der Waals surface area (Å²) in [7, 11) is 0. The van der Waals surface area contributed by atoms with Gasteiger partial charge in [-0.1, -0.05) is 11.6 Å². The smallest absolute Gasteiger partial charge is 0.315 e. The summed E-state index contributed by atoms with van der Waals surface area (Å²) in [6.45, 7) is 0.0561. The van der Waals surface area contributed by atoms with Crippen molar-refractivity contribution in [3.05, 3.63) is 23.4 Å². The molecule has 0 saturated heterocycles. The molecule has 1 rings (SSSR count). The predicted octanol–water partition coefficient (Wildman–Crippen LogP) is 1.50. The van der Waals surface area contributed by atoms with E-state index in [0.29, 0.717) is 10.9 Å². The number of carbonyl (C=O) groups is 1. The van der Waals surface area contributed by atoms with Gasteiger partial charge in [0.25, 0.3) is 5.91 Å². The van der Waals surface area contributed by atoms with Crippen molar-refractivity contribution in [2.24, 2.45) is 0 Å². The van der Waals surface area contributed by atoms with Gasteiger partial charge in [0.05, 0.1) is 11.6 Å². The fourth-order valence-corrected chi connectivity index (χ4v) is 0.966. The van der Waals surface area contributed by atoms with Crippen LogP contribution in [-0.4, -0.2) is 30.5 Å². The summed E-state index contributed by atoms with van der Waals surface area (Å²) in [6, 6.07) is 3.12. The molecule has 0 radical (unpaired) electrons. The lowest BCUT2D eigenvalue weighted by Crippen LogP contribution is -2.32. The van der Waals surface area contributed by atoms with Crippen LogP contribution in [0.1, 0.15) is 0 Å². The molecule has 0 bridgehead atoms. The summed E-state index contributed by atoms with van der Waals surface area (Å²) in [6.07, 6.45) is -1.61. The molecule has 0 aliphatic heterocycles. The van der Waals surface area contributed by atoms with Crippen LogP contribution in [0.25, 0.3) is 0 Å². The van der Waals surface area contributed by atoms with Crippen LogP contribution in [0.4, 0.5) is 8.78 Å². The van der Waals surface area contributed by atoms with Gasteiger partial charge in [0.2, 0.25) is 5.88 Å². The highest BCUT2D eigenvalue weighted by Gasteiger charge is 2.13. The second-order valence-corrected chi connectivity index (χ2v) is 3.19. The van der Waals surface area contributed by atoms with E-state index in [2.05, 4.69) is 4.98 Å². The van der Waals surface area contributed by atoms with Gasteiger partial charge < -0.3 is 10.1 Å². The quantitative estimate of drug-likeness (QED) is 0.806. The van der Waals surface area contributed by atoms with Gasteiger partial charge in [-0.3, -0.25) is 4.79 Å². The molecule has 1 aromatic heterocycles. The zero-order valence-corrected chi connectivity index (χ0v) is 8.88. The molecule has 1 amide bonds. The fourth-order valence-electron chi connectivity index (χ4n) is 0.855. The van der Waals surface area contributed by atoms with Crippen LogP contribution < -0.4 is 10.1 Å². The van der Waals surface area contributed by atoms with Crippen molar-refractivity contribution in [2.45, 2.75) is 6.43 Å². The first kappa shape index (κ1) is 12.6. The molecule has 4 nitrogen and oxygen atoms in total. The van der Waals surface area contributed by atoms with Crippen LogP contribution in [0, 0.1) is 0 Å². The second kappa shape index (κ2) is 6.22. The van der Waals surface area contributed by atoms with E-state index in [-0.39, 0.29) is 13.2 Å². The number of carbonyl (C=O) groups excluding carboxylic acids is 1. The number of aromatic nitrogens is 1. The molecule has 0 aromatic carbocycles. The van der Waals surface area contributed by atoms with Crippen molar-refractivity contribution in [1.29, 1.82) is 0 Å². The van der Waals surface area contributed by atoms with Gasteiger partial charge in [-0.05, 0) is 6.07 Å². The maximum absolute atomic E-state index is 11.7. The monoisotopic (exact) mass is 250 g/mol. The molecule has 0 spiro atoms. The third kappa shape index (κ3) is 4.39. The highest BCUT2D eigenvalue weighted by Crippen LogP contribution is 2.10. The predicted molar refractivity (Wildman–Crippen MR) is 53.8 cm³/mol. The lowest BCUT2D eigenvalue weighted by molar-refractivity contribution is -0.131. The van der Waals surface area contributed by atoms with E-state index in [1.54, 1.807) is 6.07 Å². The fraction of sp³-hybridized carbons (Fsp3) is 0.333. The normalized spacial score (nSPS) is 10.2. The Balaban J connectivity index is 2.21. The topological polar surface area (TPSA) is 51.2 Å². The molecule has 7 heteroatoms. The molecule has 1 heterocycles. The Labute approximate surface area is 95.6 Å². The van der Waals surface area contributed by atoms with Crippen molar-refractivity contribution in [1.82, 2.24) is 10.3 Å². The number of hydrogen-bond acceptors (Lipinski definition) is 3. The van der Waals surface area contributed by atoms with Gasteiger partial charge in [-0.15, -0.1) is 0 Å². The average molecular weight is 251 g/mol. The summed E-state index contributed by atoms with van der Waals surface area (Å²) in [5.74, 6) is -0.997. The maximum Gasteiger partial charge on any atom is 0.315 e. The minimum atomic E-state index is -3.01. The third-order valence-corrected chi connectivity index (χ3v) is 1.77. The van der Waals surface area contributed by atoms with Gasteiger partial charge in [0, 0.05) is 12.3 Å². The van der Waals surface area contributed by atoms with Gasteiger partial charge in [0.15, 0.2) is 0 Å². The van der Waals surface area contributed by atoms with Crippen LogP contribution in [0.2, 0.25) is 5.02 Å². The number of halogens is 3. The van der Waals surface area contributed by atoms with Crippen molar-refractivity contribution < 1.29 is 18.3 Å². The maximum atomic E-state index is 11.7. The minimum Gasteiger partial charge on any atom is -0.476 e.